The van der Waals surface area contributed by atoms with Crippen molar-refractivity contribution in [3.05, 3.63) is 58.3 Å². The quantitative estimate of drug-likeness (QED) is 0.796. The molecule has 0 saturated heterocycles. The van der Waals surface area contributed by atoms with Crippen LogP contribution in [0.25, 0.3) is 0 Å². The molecule has 0 bridgehead atoms. The van der Waals surface area contributed by atoms with Gasteiger partial charge in [-0.15, -0.1) is 0 Å². The second-order valence-corrected chi connectivity index (χ2v) is 4.80. The first-order valence-corrected chi connectivity index (χ1v) is 6.35. The van der Waals surface area contributed by atoms with E-state index in [0.717, 1.165) is 34.8 Å². The summed E-state index contributed by atoms with van der Waals surface area (Å²) in [5, 5.41) is 8.30. The fourth-order valence-electron chi connectivity index (χ4n) is 1.81. The molecule has 0 saturated carbocycles. The summed E-state index contributed by atoms with van der Waals surface area (Å²) in [4.78, 5) is 0. The van der Waals surface area contributed by atoms with E-state index >= 15 is 0 Å². The van der Waals surface area contributed by atoms with Gasteiger partial charge in [0.1, 0.15) is 6.61 Å². The maximum atomic E-state index is 7.56. The van der Waals surface area contributed by atoms with Gasteiger partial charge in [-0.05, 0) is 42.7 Å². The molecule has 0 heterocycles. The number of nitrogens with one attached hydrogen (secondary N) is 1. The van der Waals surface area contributed by atoms with Crippen LogP contribution in [0.3, 0.4) is 0 Å². The molecular formula is C15H16ClNO. The van der Waals surface area contributed by atoms with Crippen LogP contribution in [0.4, 0.5) is 0 Å². The molecule has 0 aromatic heterocycles. The lowest BCUT2D eigenvalue weighted by atomic mass is 10.0. The molecule has 0 atom stereocenters. The molecule has 1 aromatic rings. The highest BCUT2D eigenvalue weighted by molar-refractivity contribution is 6.30. The Labute approximate surface area is 112 Å². The van der Waals surface area contributed by atoms with Gasteiger partial charge in [0.15, 0.2) is 0 Å². The molecule has 1 aromatic carbocycles. The zero-order valence-electron chi connectivity index (χ0n) is 10.4. The lowest BCUT2D eigenvalue weighted by Crippen LogP contribution is -2.03. The highest BCUT2D eigenvalue weighted by Crippen LogP contribution is 2.21. The Bertz CT molecular complexity index is 500. The molecule has 0 fully saturated rings. The monoisotopic (exact) mass is 261 g/mol. The van der Waals surface area contributed by atoms with Crippen molar-refractivity contribution >= 4 is 17.3 Å². The van der Waals surface area contributed by atoms with Crippen molar-refractivity contribution in [3.8, 4) is 0 Å². The van der Waals surface area contributed by atoms with Gasteiger partial charge in [-0.3, -0.25) is 0 Å². The van der Waals surface area contributed by atoms with E-state index < -0.39 is 0 Å². The van der Waals surface area contributed by atoms with Crippen LogP contribution in [0.2, 0.25) is 5.02 Å². The van der Waals surface area contributed by atoms with Gasteiger partial charge in [0.25, 0.3) is 0 Å². The minimum atomic E-state index is 0.565. The average molecular weight is 262 g/mol. The molecule has 0 radical (unpaired) electrons. The van der Waals surface area contributed by atoms with Crippen molar-refractivity contribution < 1.29 is 4.74 Å². The summed E-state index contributed by atoms with van der Waals surface area (Å²) >= 11 is 5.83. The van der Waals surface area contributed by atoms with Gasteiger partial charge in [0.05, 0.1) is 5.76 Å². The Hall–Kier alpha value is -1.54. The molecule has 94 valence electrons. The summed E-state index contributed by atoms with van der Waals surface area (Å²) in [6.45, 7) is 2.38. The van der Waals surface area contributed by atoms with E-state index in [9.17, 15) is 0 Å². The predicted octanol–water partition coefficient (Wildman–Crippen LogP) is 4.50. The van der Waals surface area contributed by atoms with E-state index in [0.29, 0.717) is 12.3 Å². The van der Waals surface area contributed by atoms with Crippen molar-refractivity contribution in [2.24, 2.45) is 0 Å². The van der Waals surface area contributed by atoms with Crippen molar-refractivity contribution in [2.45, 2.75) is 26.4 Å². The van der Waals surface area contributed by atoms with Crippen LogP contribution in [-0.4, -0.2) is 5.71 Å². The molecule has 3 heteroatoms. The van der Waals surface area contributed by atoms with Crippen molar-refractivity contribution in [1.82, 2.24) is 0 Å². The molecule has 0 spiro atoms. The number of hydrogen-bond acceptors (Lipinski definition) is 2. The van der Waals surface area contributed by atoms with Crippen LogP contribution < -0.4 is 0 Å². The van der Waals surface area contributed by atoms with E-state index in [2.05, 4.69) is 0 Å². The maximum Gasteiger partial charge on any atom is 0.113 e. The smallest absolute Gasteiger partial charge is 0.113 e. The third-order valence-electron chi connectivity index (χ3n) is 2.93. The van der Waals surface area contributed by atoms with Gasteiger partial charge in [-0.25, -0.2) is 0 Å². The van der Waals surface area contributed by atoms with E-state index in [4.69, 9.17) is 21.7 Å². The first-order chi connectivity index (χ1) is 8.65. The summed E-state index contributed by atoms with van der Waals surface area (Å²) in [5.41, 5.74) is 2.84. The minimum absolute atomic E-state index is 0.565. The Balaban J connectivity index is 1.92. The second-order valence-electron chi connectivity index (χ2n) is 4.37. The van der Waals surface area contributed by atoms with E-state index in [1.165, 1.54) is 0 Å². The zero-order valence-corrected chi connectivity index (χ0v) is 11.1. The van der Waals surface area contributed by atoms with Gasteiger partial charge in [0, 0.05) is 17.2 Å². The van der Waals surface area contributed by atoms with Crippen LogP contribution in [0, 0.1) is 5.41 Å². The number of rotatable bonds is 4. The summed E-state index contributed by atoms with van der Waals surface area (Å²) in [6, 6.07) is 7.67. The standard InChI is InChI=1S/C15H16ClNO/c1-11(17)13-4-8-15(9-5-13)18-10-12-2-6-14(16)7-3-12/h2-4,6-8,17H,5,9-10H2,1H3. The van der Waals surface area contributed by atoms with Gasteiger partial charge in [-0.1, -0.05) is 29.8 Å². The molecule has 1 N–H and O–H groups in total. The summed E-state index contributed by atoms with van der Waals surface area (Å²) in [6.07, 6.45) is 5.70. The Morgan fingerprint density at radius 1 is 1.22 bits per heavy atom. The molecular weight excluding hydrogens is 246 g/mol. The van der Waals surface area contributed by atoms with Crippen molar-refractivity contribution in [2.75, 3.05) is 0 Å². The lowest BCUT2D eigenvalue weighted by molar-refractivity contribution is 0.188. The number of ether oxygens (including phenoxy) is 1. The highest BCUT2D eigenvalue weighted by Gasteiger charge is 2.08. The predicted molar refractivity (Wildman–Crippen MR) is 75.0 cm³/mol. The summed E-state index contributed by atoms with van der Waals surface area (Å²) in [7, 11) is 0. The summed E-state index contributed by atoms with van der Waals surface area (Å²) in [5.74, 6) is 0.981. The van der Waals surface area contributed by atoms with Crippen LogP contribution >= 0.6 is 11.6 Å². The molecule has 18 heavy (non-hydrogen) atoms. The van der Waals surface area contributed by atoms with E-state index in [1.54, 1.807) is 0 Å². The Morgan fingerprint density at radius 3 is 2.50 bits per heavy atom. The number of halogens is 1. The second kappa shape index (κ2) is 5.87. The number of hydrogen-bond donors (Lipinski definition) is 1. The highest BCUT2D eigenvalue weighted by atomic mass is 35.5. The van der Waals surface area contributed by atoms with E-state index in [-0.39, 0.29) is 0 Å². The minimum Gasteiger partial charge on any atom is -0.493 e. The molecule has 0 aliphatic heterocycles. The van der Waals surface area contributed by atoms with Gasteiger partial charge < -0.3 is 10.1 Å². The molecule has 1 aliphatic rings. The van der Waals surface area contributed by atoms with Crippen LogP contribution in [-0.2, 0) is 11.3 Å². The first-order valence-electron chi connectivity index (χ1n) is 5.97. The normalized spacial score (nSPS) is 14.8. The summed E-state index contributed by atoms with van der Waals surface area (Å²) < 4.78 is 5.74. The van der Waals surface area contributed by atoms with Crippen LogP contribution in [0.15, 0.2) is 47.7 Å². The topological polar surface area (TPSA) is 33.1 Å². The van der Waals surface area contributed by atoms with E-state index in [1.807, 2.05) is 43.3 Å². The Kier molecular flexibility index (Phi) is 4.21. The molecule has 0 unspecified atom stereocenters. The third-order valence-corrected chi connectivity index (χ3v) is 3.18. The molecule has 1 aliphatic carbocycles. The molecule has 2 rings (SSSR count). The fraction of sp³-hybridized carbons (Fsp3) is 0.267. The maximum absolute atomic E-state index is 7.56. The third kappa shape index (κ3) is 3.47. The number of benzene rings is 1. The SMILES string of the molecule is CC(=N)C1=CC=C(OCc2ccc(Cl)cc2)CC1. The van der Waals surface area contributed by atoms with Gasteiger partial charge in [-0.2, -0.15) is 0 Å². The average Bonchev–Trinajstić information content (AvgIpc) is 2.38. The molecule has 0 amide bonds. The largest absolute Gasteiger partial charge is 0.493 e. The lowest BCUT2D eigenvalue weighted by Gasteiger charge is -2.15. The Morgan fingerprint density at radius 2 is 1.94 bits per heavy atom. The van der Waals surface area contributed by atoms with Gasteiger partial charge in [0.2, 0.25) is 0 Å². The first kappa shape index (κ1) is 12.9. The van der Waals surface area contributed by atoms with Crippen molar-refractivity contribution in [1.29, 1.82) is 5.41 Å². The zero-order chi connectivity index (χ0) is 13.0. The van der Waals surface area contributed by atoms with Crippen molar-refractivity contribution in [3.63, 3.8) is 0 Å². The molecule has 2 nitrogen and oxygen atoms in total. The number of allylic oxidation sites excluding steroid dienone is 4. The van der Waals surface area contributed by atoms with Gasteiger partial charge >= 0.3 is 0 Å². The van der Waals surface area contributed by atoms with Crippen LogP contribution in [0.1, 0.15) is 25.3 Å². The fourth-order valence-corrected chi connectivity index (χ4v) is 1.93. The van der Waals surface area contributed by atoms with Crippen LogP contribution in [0.5, 0.6) is 0 Å².